The molecule has 1 aromatic heterocycles. The highest BCUT2D eigenvalue weighted by molar-refractivity contribution is 7.99. The number of rotatable bonds is 4. The van der Waals surface area contributed by atoms with Crippen LogP contribution in [0.4, 0.5) is 0 Å². The average Bonchev–Trinajstić information content (AvgIpc) is 2.97. The van der Waals surface area contributed by atoms with Crippen LogP contribution in [-0.4, -0.2) is 49.8 Å². The summed E-state index contributed by atoms with van der Waals surface area (Å²) in [5.41, 5.74) is 0.999. The van der Waals surface area contributed by atoms with E-state index in [0.29, 0.717) is 18.3 Å². The third-order valence-corrected chi connectivity index (χ3v) is 5.52. The first kappa shape index (κ1) is 14.9. The molecule has 1 aliphatic heterocycles. The lowest BCUT2D eigenvalue weighted by atomic mass is 9.96. The molecule has 1 saturated carbocycles. The highest BCUT2D eigenvalue weighted by atomic mass is 32.2. The van der Waals surface area contributed by atoms with E-state index in [2.05, 4.69) is 16.9 Å². The topological polar surface area (TPSA) is 58.4 Å². The van der Waals surface area contributed by atoms with Crippen molar-refractivity contribution in [3.05, 3.63) is 18.0 Å². The molecule has 0 amide bonds. The first-order valence-corrected chi connectivity index (χ1v) is 8.98. The summed E-state index contributed by atoms with van der Waals surface area (Å²) in [5, 5.41) is 14.0. The zero-order valence-corrected chi connectivity index (χ0v) is 13.1. The van der Waals surface area contributed by atoms with Crippen LogP contribution >= 0.6 is 11.8 Å². The van der Waals surface area contributed by atoms with Crippen LogP contribution in [0.2, 0.25) is 0 Å². The molecule has 116 valence electrons. The van der Waals surface area contributed by atoms with Crippen molar-refractivity contribution in [1.29, 1.82) is 0 Å². The van der Waals surface area contributed by atoms with Gasteiger partial charge in [-0.1, -0.05) is 19.3 Å². The van der Waals surface area contributed by atoms with Crippen LogP contribution in [-0.2, 0) is 11.3 Å². The zero-order valence-electron chi connectivity index (χ0n) is 12.3. The SMILES string of the molecule is O=C(O)C1CSCCN1Cc1ccn(C2CCCCC2)n1. The van der Waals surface area contributed by atoms with Gasteiger partial charge in [0.1, 0.15) is 6.04 Å². The Kier molecular flexibility index (Phi) is 4.85. The van der Waals surface area contributed by atoms with Gasteiger partial charge < -0.3 is 5.11 Å². The summed E-state index contributed by atoms with van der Waals surface area (Å²) < 4.78 is 2.10. The van der Waals surface area contributed by atoms with Crippen LogP contribution in [0.15, 0.2) is 12.3 Å². The molecule has 0 aromatic carbocycles. The molecular weight excluding hydrogens is 286 g/mol. The molecule has 1 unspecified atom stereocenters. The van der Waals surface area contributed by atoms with E-state index >= 15 is 0 Å². The van der Waals surface area contributed by atoms with E-state index in [0.717, 1.165) is 18.0 Å². The van der Waals surface area contributed by atoms with Crippen molar-refractivity contribution in [1.82, 2.24) is 14.7 Å². The molecule has 5 nitrogen and oxygen atoms in total. The first-order valence-electron chi connectivity index (χ1n) is 7.82. The second kappa shape index (κ2) is 6.83. The smallest absolute Gasteiger partial charge is 0.321 e. The summed E-state index contributed by atoms with van der Waals surface area (Å²) in [5.74, 6) is 0.972. The van der Waals surface area contributed by atoms with Crippen LogP contribution < -0.4 is 0 Å². The van der Waals surface area contributed by atoms with Crippen molar-refractivity contribution in [3.63, 3.8) is 0 Å². The largest absolute Gasteiger partial charge is 0.480 e. The van der Waals surface area contributed by atoms with Gasteiger partial charge in [-0.25, -0.2) is 0 Å². The van der Waals surface area contributed by atoms with Gasteiger partial charge in [0.2, 0.25) is 0 Å². The third-order valence-electron chi connectivity index (χ3n) is 4.50. The number of carboxylic acid groups (broad SMARTS) is 1. The van der Waals surface area contributed by atoms with Crippen molar-refractivity contribution < 1.29 is 9.90 Å². The molecule has 3 rings (SSSR count). The molecule has 1 aromatic rings. The van der Waals surface area contributed by atoms with Crippen molar-refractivity contribution >= 4 is 17.7 Å². The fourth-order valence-corrected chi connectivity index (χ4v) is 4.38. The third kappa shape index (κ3) is 3.61. The molecule has 1 atom stereocenters. The lowest BCUT2D eigenvalue weighted by Gasteiger charge is -2.31. The number of hydrogen-bond donors (Lipinski definition) is 1. The molecule has 1 saturated heterocycles. The van der Waals surface area contributed by atoms with Gasteiger partial charge in [0.15, 0.2) is 0 Å². The van der Waals surface area contributed by atoms with E-state index in [1.165, 1.54) is 32.1 Å². The molecule has 2 aliphatic rings. The average molecular weight is 309 g/mol. The minimum absolute atomic E-state index is 0.372. The number of carboxylic acids is 1. The fourth-order valence-electron chi connectivity index (χ4n) is 3.27. The van der Waals surface area contributed by atoms with Gasteiger partial charge in [-0.3, -0.25) is 14.4 Å². The minimum atomic E-state index is -0.714. The Morgan fingerprint density at radius 1 is 1.38 bits per heavy atom. The zero-order chi connectivity index (χ0) is 14.7. The van der Waals surface area contributed by atoms with Gasteiger partial charge in [-0.05, 0) is 18.9 Å². The molecule has 2 heterocycles. The predicted molar refractivity (Wildman–Crippen MR) is 83.5 cm³/mol. The molecule has 0 spiro atoms. The summed E-state index contributed by atoms with van der Waals surface area (Å²) in [6.45, 7) is 1.48. The van der Waals surface area contributed by atoms with Crippen molar-refractivity contribution in [2.24, 2.45) is 0 Å². The number of nitrogens with zero attached hydrogens (tertiary/aromatic N) is 3. The number of carbonyl (C=O) groups is 1. The maximum Gasteiger partial charge on any atom is 0.321 e. The summed E-state index contributed by atoms with van der Waals surface area (Å²) in [6.07, 6.45) is 8.45. The standard InChI is InChI=1S/C15H23N3O2S/c19-15(20)14-11-21-9-8-17(14)10-12-6-7-18(16-12)13-4-2-1-3-5-13/h6-7,13-14H,1-5,8-11H2,(H,19,20). The van der Waals surface area contributed by atoms with Gasteiger partial charge in [0, 0.05) is 30.8 Å². The van der Waals surface area contributed by atoms with Crippen molar-refractivity contribution in [2.75, 3.05) is 18.1 Å². The lowest BCUT2D eigenvalue weighted by molar-refractivity contribution is -0.142. The molecule has 0 radical (unpaired) electrons. The van der Waals surface area contributed by atoms with E-state index in [1.807, 2.05) is 4.90 Å². The Morgan fingerprint density at radius 3 is 2.95 bits per heavy atom. The molecule has 0 bridgehead atoms. The molecule has 21 heavy (non-hydrogen) atoms. The van der Waals surface area contributed by atoms with Gasteiger partial charge in [0.25, 0.3) is 0 Å². The van der Waals surface area contributed by atoms with Crippen LogP contribution in [0.3, 0.4) is 0 Å². The molecular formula is C15H23N3O2S. The van der Waals surface area contributed by atoms with Crippen LogP contribution in [0.25, 0.3) is 0 Å². The van der Waals surface area contributed by atoms with Gasteiger partial charge >= 0.3 is 5.97 Å². The number of aliphatic carboxylic acids is 1. The number of hydrogen-bond acceptors (Lipinski definition) is 4. The Balaban J connectivity index is 1.64. The van der Waals surface area contributed by atoms with E-state index in [1.54, 1.807) is 11.8 Å². The maximum absolute atomic E-state index is 11.3. The summed E-state index contributed by atoms with van der Waals surface area (Å²) in [6, 6.07) is 2.22. The van der Waals surface area contributed by atoms with Crippen LogP contribution in [0, 0.1) is 0 Å². The Morgan fingerprint density at radius 2 is 2.19 bits per heavy atom. The quantitative estimate of drug-likeness (QED) is 0.925. The Bertz CT molecular complexity index is 485. The summed E-state index contributed by atoms with van der Waals surface area (Å²) in [4.78, 5) is 13.4. The number of aromatic nitrogens is 2. The molecule has 6 heteroatoms. The van der Waals surface area contributed by atoms with Crippen molar-refractivity contribution in [3.8, 4) is 0 Å². The second-order valence-corrected chi connectivity index (χ2v) is 7.13. The maximum atomic E-state index is 11.3. The molecule has 2 fully saturated rings. The van der Waals surface area contributed by atoms with Crippen LogP contribution in [0.5, 0.6) is 0 Å². The van der Waals surface area contributed by atoms with E-state index < -0.39 is 5.97 Å². The number of thioether (sulfide) groups is 1. The predicted octanol–water partition coefficient (Wildman–Crippen LogP) is 2.39. The normalized spacial score (nSPS) is 25.0. The van der Waals surface area contributed by atoms with Gasteiger partial charge in [-0.15, -0.1) is 0 Å². The van der Waals surface area contributed by atoms with Crippen molar-refractivity contribution in [2.45, 2.75) is 50.7 Å². The van der Waals surface area contributed by atoms with Gasteiger partial charge in [0.05, 0.1) is 11.7 Å². The Labute approximate surface area is 129 Å². The van der Waals surface area contributed by atoms with E-state index in [4.69, 9.17) is 5.10 Å². The van der Waals surface area contributed by atoms with Crippen LogP contribution in [0.1, 0.15) is 43.8 Å². The Hall–Kier alpha value is -1.01. The summed E-state index contributed by atoms with van der Waals surface area (Å²) >= 11 is 1.73. The van der Waals surface area contributed by atoms with Gasteiger partial charge in [-0.2, -0.15) is 16.9 Å². The highest BCUT2D eigenvalue weighted by Crippen LogP contribution is 2.27. The monoisotopic (exact) mass is 309 g/mol. The highest BCUT2D eigenvalue weighted by Gasteiger charge is 2.29. The molecule has 1 aliphatic carbocycles. The molecule has 1 N–H and O–H groups in total. The lowest BCUT2D eigenvalue weighted by Crippen LogP contribution is -2.46. The fraction of sp³-hybridized carbons (Fsp3) is 0.733. The first-order chi connectivity index (χ1) is 10.2. The minimum Gasteiger partial charge on any atom is -0.480 e. The van der Waals surface area contributed by atoms with E-state index in [-0.39, 0.29) is 6.04 Å². The van der Waals surface area contributed by atoms with E-state index in [9.17, 15) is 9.90 Å². The summed E-state index contributed by atoms with van der Waals surface area (Å²) in [7, 11) is 0. The second-order valence-electron chi connectivity index (χ2n) is 5.98.